The first-order chi connectivity index (χ1) is 12.0. The Morgan fingerprint density at radius 1 is 1.28 bits per heavy atom. The molecule has 0 aromatic heterocycles. The number of nitrogens with two attached hydrogens (primary N) is 1. The summed E-state index contributed by atoms with van der Waals surface area (Å²) in [4.78, 5) is 27.9. The van der Waals surface area contributed by atoms with E-state index in [1.165, 1.54) is 5.56 Å². The molecule has 2 N–H and O–H groups in total. The van der Waals surface area contributed by atoms with Crippen LogP contribution in [0.1, 0.15) is 37.7 Å². The predicted octanol–water partition coefficient (Wildman–Crippen LogP) is 1.95. The fourth-order valence-electron chi connectivity index (χ4n) is 3.76. The van der Waals surface area contributed by atoms with Crippen molar-refractivity contribution < 1.29 is 14.3 Å². The molecule has 2 fully saturated rings. The van der Waals surface area contributed by atoms with Gasteiger partial charge in [0.05, 0.1) is 6.54 Å². The van der Waals surface area contributed by atoms with Gasteiger partial charge in [0.1, 0.15) is 5.60 Å². The SMILES string of the molecule is CC(CN1CC2(CCN(C(=O)CCN)CC2)OC1=O)c1ccccc1. The molecular weight excluding hydrogens is 318 g/mol. The normalized spacial score (nSPS) is 20.6. The lowest BCUT2D eigenvalue weighted by molar-refractivity contribution is -0.134. The first-order valence-electron chi connectivity index (χ1n) is 9.04. The van der Waals surface area contributed by atoms with Crippen LogP contribution < -0.4 is 5.73 Å². The zero-order chi connectivity index (χ0) is 17.9. The molecule has 2 aliphatic heterocycles. The van der Waals surface area contributed by atoms with Crippen molar-refractivity contribution in [3.63, 3.8) is 0 Å². The number of nitrogens with zero attached hydrogens (tertiary/aromatic N) is 2. The van der Waals surface area contributed by atoms with Crippen molar-refractivity contribution in [2.75, 3.05) is 32.7 Å². The predicted molar refractivity (Wildman–Crippen MR) is 95.1 cm³/mol. The first-order valence-corrected chi connectivity index (χ1v) is 9.04. The Labute approximate surface area is 148 Å². The molecule has 1 aromatic carbocycles. The molecule has 2 saturated heterocycles. The van der Waals surface area contributed by atoms with E-state index in [2.05, 4.69) is 19.1 Å². The van der Waals surface area contributed by atoms with E-state index in [4.69, 9.17) is 10.5 Å². The molecule has 0 aliphatic carbocycles. The molecule has 1 aromatic rings. The zero-order valence-electron chi connectivity index (χ0n) is 14.8. The van der Waals surface area contributed by atoms with Gasteiger partial charge in [-0.25, -0.2) is 4.79 Å². The first kappa shape index (κ1) is 17.7. The number of ether oxygens (including phenoxy) is 1. The van der Waals surface area contributed by atoms with E-state index < -0.39 is 5.60 Å². The molecule has 0 bridgehead atoms. The lowest BCUT2D eigenvalue weighted by Gasteiger charge is -2.37. The van der Waals surface area contributed by atoms with Crippen molar-refractivity contribution in [3.05, 3.63) is 35.9 Å². The van der Waals surface area contributed by atoms with Crippen LogP contribution in [0.3, 0.4) is 0 Å². The number of amides is 2. The Morgan fingerprint density at radius 2 is 1.96 bits per heavy atom. The van der Waals surface area contributed by atoms with Gasteiger partial charge in [-0.1, -0.05) is 37.3 Å². The molecule has 6 heteroatoms. The summed E-state index contributed by atoms with van der Waals surface area (Å²) in [6.07, 6.45) is 1.55. The highest BCUT2D eigenvalue weighted by molar-refractivity contribution is 5.76. The highest BCUT2D eigenvalue weighted by atomic mass is 16.6. The van der Waals surface area contributed by atoms with Crippen molar-refractivity contribution in [1.82, 2.24) is 9.80 Å². The third kappa shape index (κ3) is 3.95. The van der Waals surface area contributed by atoms with Crippen LogP contribution >= 0.6 is 0 Å². The van der Waals surface area contributed by atoms with Crippen LogP contribution in [0.25, 0.3) is 0 Å². The molecule has 136 valence electrons. The standard InChI is InChI=1S/C19H27N3O3/c1-15(16-5-3-2-4-6-16)13-22-14-19(25-18(22)24)8-11-21(12-9-19)17(23)7-10-20/h2-6,15H,7-14,20H2,1H3. The molecule has 6 nitrogen and oxygen atoms in total. The minimum atomic E-state index is -0.438. The van der Waals surface area contributed by atoms with Gasteiger partial charge in [-0.2, -0.15) is 0 Å². The van der Waals surface area contributed by atoms with Crippen LogP contribution in [0.4, 0.5) is 4.79 Å². The highest BCUT2D eigenvalue weighted by Gasteiger charge is 2.47. The monoisotopic (exact) mass is 345 g/mol. The Balaban J connectivity index is 1.57. The van der Waals surface area contributed by atoms with Crippen molar-refractivity contribution in [2.45, 2.75) is 37.7 Å². The number of benzene rings is 1. The molecule has 25 heavy (non-hydrogen) atoms. The highest BCUT2D eigenvalue weighted by Crippen LogP contribution is 2.34. The Kier molecular flexibility index (Phi) is 5.27. The van der Waals surface area contributed by atoms with E-state index in [-0.39, 0.29) is 17.9 Å². The van der Waals surface area contributed by atoms with Crippen molar-refractivity contribution >= 4 is 12.0 Å². The summed E-state index contributed by atoms with van der Waals surface area (Å²) in [5.74, 6) is 0.353. The molecule has 0 radical (unpaired) electrons. The molecule has 3 rings (SSSR count). The van der Waals surface area contributed by atoms with Crippen LogP contribution in [-0.4, -0.2) is 60.1 Å². The fourth-order valence-corrected chi connectivity index (χ4v) is 3.76. The molecule has 0 saturated carbocycles. The molecule has 2 aliphatic rings. The minimum absolute atomic E-state index is 0.0937. The number of carbonyl (C=O) groups is 2. The summed E-state index contributed by atoms with van der Waals surface area (Å²) >= 11 is 0. The topological polar surface area (TPSA) is 75.9 Å². The van der Waals surface area contributed by atoms with E-state index in [0.717, 1.165) is 0 Å². The number of carbonyl (C=O) groups excluding carboxylic acids is 2. The summed E-state index contributed by atoms with van der Waals surface area (Å²) in [5, 5.41) is 0. The van der Waals surface area contributed by atoms with E-state index in [0.29, 0.717) is 52.0 Å². The molecule has 2 heterocycles. The molecule has 1 atom stereocenters. The average Bonchev–Trinajstić information content (AvgIpc) is 2.91. The van der Waals surface area contributed by atoms with E-state index in [1.54, 1.807) is 0 Å². The van der Waals surface area contributed by atoms with Gasteiger partial charge >= 0.3 is 6.09 Å². The minimum Gasteiger partial charge on any atom is -0.441 e. The summed E-state index contributed by atoms with van der Waals surface area (Å²) in [5.41, 5.74) is 6.24. The third-order valence-electron chi connectivity index (χ3n) is 5.29. The van der Waals surface area contributed by atoms with E-state index >= 15 is 0 Å². The maximum atomic E-state index is 12.3. The van der Waals surface area contributed by atoms with Gasteiger partial charge in [0, 0.05) is 45.4 Å². The van der Waals surface area contributed by atoms with Crippen LogP contribution in [0.5, 0.6) is 0 Å². The van der Waals surface area contributed by atoms with E-state index in [1.807, 2.05) is 28.0 Å². The third-order valence-corrected chi connectivity index (χ3v) is 5.29. The van der Waals surface area contributed by atoms with Gasteiger partial charge in [-0.3, -0.25) is 4.79 Å². The summed E-state index contributed by atoms with van der Waals surface area (Å²) < 4.78 is 5.75. The van der Waals surface area contributed by atoms with Crippen LogP contribution in [0.15, 0.2) is 30.3 Å². The van der Waals surface area contributed by atoms with Gasteiger partial charge in [-0.15, -0.1) is 0 Å². The van der Waals surface area contributed by atoms with Gasteiger partial charge in [0.2, 0.25) is 5.91 Å². The Hall–Kier alpha value is -2.08. The molecular formula is C19H27N3O3. The van der Waals surface area contributed by atoms with Gasteiger partial charge in [-0.05, 0) is 11.5 Å². The van der Waals surface area contributed by atoms with Crippen LogP contribution in [-0.2, 0) is 9.53 Å². The van der Waals surface area contributed by atoms with Crippen molar-refractivity contribution in [3.8, 4) is 0 Å². The van der Waals surface area contributed by atoms with Crippen molar-refractivity contribution in [2.24, 2.45) is 5.73 Å². The maximum absolute atomic E-state index is 12.3. The number of rotatable bonds is 5. The van der Waals surface area contributed by atoms with Gasteiger partial charge in [0.15, 0.2) is 0 Å². The van der Waals surface area contributed by atoms with Crippen LogP contribution in [0, 0.1) is 0 Å². The number of hydrogen-bond donors (Lipinski definition) is 1. The quantitative estimate of drug-likeness (QED) is 0.885. The lowest BCUT2D eigenvalue weighted by atomic mass is 9.90. The summed E-state index contributed by atoms with van der Waals surface area (Å²) in [7, 11) is 0. The van der Waals surface area contributed by atoms with E-state index in [9.17, 15) is 9.59 Å². The molecule has 2 amide bonds. The molecule has 1 unspecified atom stereocenters. The zero-order valence-corrected chi connectivity index (χ0v) is 14.8. The number of piperidine rings is 1. The Bertz CT molecular complexity index is 612. The molecule has 1 spiro atoms. The summed E-state index contributed by atoms with van der Waals surface area (Å²) in [6.45, 7) is 5.03. The largest absolute Gasteiger partial charge is 0.441 e. The number of likely N-dealkylation sites (tertiary alicyclic amines) is 1. The Morgan fingerprint density at radius 3 is 2.60 bits per heavy atom. The average molecular weight is 345 g/mol. The van der Waals surface area contributed by atoms with Crippen molar-refractivity contribution in [1.29, 1.82) is 0 Å². The van der Waals surface area contributed by atoms with Crippen LogP contribution in [0.2, 0.25) is 0 Å². The second-order valence-electron chi connectivity index (χ2n) is 7.16. The number of hydrogen-bond acceptors (Lipinski definition) is 4. The smallest absolute Gasteiger partial charge is 0.410 e. The maximum Gasteiger partial charge on any atom is 0.410 e. The second-order valence-corrected chi connectivity index (χ2v) is 7.16. The summed E-state index contributed by atoms with van der Waals surface area (Å²) in [6, 6.07) is 10.2. The second kappa shape index (κ2) is 7.44. The fraction of sp³-hybridized carbons (Fsp3) is 0.579. The van der Waals surface area contributed by atoms with Gasteiger partial charge in [0.25, 0.3) is 0 Å². The van der Waals surface area contributed by atoms with Gasteiger partial charge < -0.3 is 20.3 Å². The lowest BCUT2D eigenvalue weighted by Crippen LogP contribution is -2.49.